The third kappa shape index (κ3) is 6.75. The number of benzene rings is 3. The fourth-order valence-corrected chi connectivity index (χ4v) is 5.14. The second-order valence-electron chi connectivity index (χ2n) is 11.1. The van der Waals surface area contributed by atoms with Crippen molar-refractivity contribution in [3.05, 3.63) is 95.1 Å². The first-order valence-electron chi connectivity index (χ1n) is 14.0. The smallest absolute Gasteiger partial charge is 0.0984 e. The zero-order chi connectivity index (χ0) is 25.3. The van der Waals surface area contributed by atoms with E-state index >= 15 is 0 Å². The Morgan fingerprint density at radius 1 is 0.421 bits per heavy atom. The van der Waals surface area contributed by atoms with Crippen LogP contribution < -0.4 is 9.80 Å². The summed E-state index contributed by atoms with van der Waals surface area (Å²) in [5, 5.41) is 0. The SMILES string of the molecule is c1cc(Cc2ccc(N(CC3CO3)CC3CO3)cc2)ccc1Cc1ccc(N(CC2CO2)CC2CO2)cc1. The molecule has 0 amide bonds. The molecule has 4 unspecified atom stereocenters. The van der Waals surface area contributed by atoms with E-state index in [2.05, 4.69) is 82.6 Å². The highest BCUT2D eigenvalue weighted by Crippen LogP contribution is 2.25. The van der Waals surface area contributed by atoms with Crippen LogP contribution in [0.1, 0.15) is 22.3 Å². The lowest BCUT2D eigenvalue weighted by atomic mass is 10.00. The van der Waals surface area contributed by atoms with Crippen LogP contribution in [-0.2, 0) is 31.8 Å². The van der Waals surface area contributed by atoms with Gasteiger partial charge in [-0.05, 0) is 59.4 Å². The summed E-state index contributed by atoms with van der Waals surface area (Å²) in [6, 6.07) is 27.1. The van der Waals surface area contributed by atoms with E-state index < -0.39 is 0 Å². The van der Waals surface area contributed by atoms with Crippen molar-refractivity contribution in [2.45, 2.75) is 37.3 Å². The molecule has 7 rings (SSSR count). The van der Waals surface area contributed by atoms with Crippen LogP contribution in [0.4, 0.5) is 11.4 Å². The summed E-state index contributed by atoms with van der Waals surface area (Å²) in [4.78, 5) is 4.81. The minimum absolute atomic E-state index is 0.379. The number of anilines is 2. The average Bonchev–Trinajstić information content (AvgIpc) is 3.76. The van der Waals surface area contributed by atoms with Gasteiger partial charge in [0, 0.05) is 37.6 Å². The number of nitrogens with zero attached hydrogens (tertiary/aromatic N) is 2. The van der Waals surface area contributed by atoms with Gasteiger partial charge in [-0.25, -0.2) is 0 Å². The van der Waals surface area contributed by atoms with Crippen molar-refractivity contribution < 1.29 is 18.9 Å². The molecule has 0 aliphatic carbocycles. The van der Waals surface area contributed by atoms with Crippen molar-refractivity contribution in [2.75, 3.05) is 62.4 Å². The molecule has 6 heteroatoms. The topological polar surface area (TPSA) is 56.6 Å². The van der Waals surface area contributed by atoms with Gasteiger partial charge in [0.2, 0.25) is 0 Å². The molecule has 3 aromatic carbocycles. The van der Waals surface area contributed by atoms with E-state index in [1.807, 2.05) is 0 Å². The molecular weight excluding hydrogens is 476 g/mol. The largest absolute Gasteiger partial charge is 0.371 e. The van der Waals surface area contributed by atoms with Crippen molar-refractivity contribution in [2.24, 2.45) is 0 Å². The third-order valence-corrected chi connectivity index (χ3v) is 7.75. The lowest BCUT2D eigenvalue weighted by Crippen LogP contribution is -2.31. The van der Waals surface area contributed by atoms with Gasteiger partial charge in [-0.15, -0.1) is 0 Å². The molecule has 4 saturated heterocycles. The molecule has 198 valence electrons. The Kier molecular flexibility index (Phi) is 6.80. The molecule has 6 nitrogen and oxygen atoms in total. The van der Waals surface area contributed by atoms with Crippen LogP contribution >= 0.6 is 0 Å². The Morgan fingerprint density at radius 2 is 0.658 bits per heavy atom. The molecule has 4 fully saturated rings. The lowest BCUT2D eigenvalue weighted by Gasteiger charge is -2.23. The summed E-state index contributed by atoms with van der Waals surface area (Å²) >= 11 is 0. The summed E-state index contributed by atoms with van der Waals surface area (Å²) in [5.74, 6) is 0. The third-order valence-electron chi connectivity index (χ3n) is 7.75. The molecule has 3 aromatic rings. The van der Waals surface area contributed by atoms with Crippen LogP contribution in [0.5, 0.6) is 0 Å². The van der Waals surface area contributed by atoms with Gasteiger partial charge in [0.1, 0.15) is 0 Å². The highest BCUT2D eigenvalue weighted by molar-refractivity contribution is 5.50. The Bertz CT molecular complexity index is 1070. The number of hydrogen-bond acceptors (Lipinski definition) is 6. The molecule has 4 aliphatic rings. The predicted molar refractivity (Wildman–Crippen MR) is 148 cm³/mol. The number of ether oxygens (including phenoxy) is 4. The normalized spacial score (nSPS) is 24.6. The molecule has 4 atom stereocenters. The quantitative estimate of drug-likeness (QED) is 0.304. The fourth-order valence-electron chi connectivity index (χ4n) is 5.14. The van der Waals surface area contributed by atoms with Gasteiger partial charge in [-0.2, -0.15) is 0 Å². The van der Waals surface area contributed by atoms with E-state index in [0.29, 0.717) is 24.4 Å². The predicted octanol–water partition coefficient (Wildman–Crippen LogP) is 4.08. The molecule has 4 heterocycles. The average molecular weight is 513 g/mol. The van der Waals surface area contributed by atoms with E-state index in [1.54, 1.807) is 0 Å². The minimum atomic E-state index is 0.379. The van der Waals surface area contributed by atoms with Gasteiger partial charge in [0.15, 0.2) is 0 Å². The molecule has 38 heavy (non-hydrogen) atoms. The van der Waals surface area contributed by atoms with Gasteiger partial charge in [-0.3, -0.25) is 0 Å². The molecule has 0 spiro atoms. The van der Waals surface area contributed by atoms with Crippen LogP contribution in [-0.4, -0.2) is 77.0 Å². The molecule has 0 N–H and O–H groups in total. The van der Waals surface area contributed by atoms with Gasteiger partial charge in [0.25, 0.3) is 0 Å². The van der Waals surface area contributed by atoms with Crippen LogP contribution in [0.25, 0.3) is 0 Å². The zero-order valence-corrected chi connectivity index (χ0v) is 21.8. The minimum Gasteiger partial charge on any atom is -0.371 e. The lowest BCUT2D eigenvalue weighted by molar-refractivity contribution is 0.388. The zero-order valence-electron chi connectivity index (χ0n) is 21.8. The van der Waals surface area contributed by atoms with Crippen LogP contribution in [0.2, 0.25) is 0 Å². The summed E-state index contributed by atoms with van der Waals surface area (Å²) < 4.78 is 21.9. The Morgan fingerprint density at radius 3 is 0.895 bits per heavy atom. The van der Waals surface area contributed by atoms with Crippen LogP contribution in [0.3, 0.4) is 0 Å². The maximum Gasteiger partial charge on any atom is 0.0984 e. The number of rotatable bonds is 14. The maximum absolute atomic E-state index is 5.46. The Hall–Kier alpha value is -2.90. The highest BCUT2D eigenvalue weighted by Gasteiger charge is 2.32. The summed E-state index contributed by atoms with van der Waals surface area (Å²) in [5.41, 5.74) is 7.86. The Labute approximate surface area is 225 Å². The van der Waals surface area contributed by atoms with E-state index in [-0.39, 0.29) is 0 Å². The second-order valence-corrected chi connectivity index (χ2v) is 11.1. The van der Waals surface area contributed by atoms with Crippen LogP contribution in [0, 0.1) is 0 Å². The van der Waals surface area contributed by atoms with Gasteiger partial charge < -0.3 is 28.7 Å². The highest BCUT2D eigenvalue weighted by atomic mass is 16.6. The van der Waals surface area contributed by atoms with Crippen molar-refractivity contribution in [1.29, 1.82) is 0 Å². The molecular formula is C32H36N2O4. The van der Waals surface area contributed by atoms with Gasteiger partial charge >= 0.3 is 0 Å². The van der Waals surface area contributed by atoms with Crippen molar-refractivity contribution in [3.63, 3.8) is 0 Å². The summed E-state index contributed by atoms with van der Waals surface area (Å²) in [6.07, 6.45) is 3.40. The van der Waals surface area contributed by atoms with Gasteiger partial charge in [-0.1, -0.05) is 48.5 Å². The molecule has 0 aromatic heterocycles. The van der Waals surface area contributed by atoms with E-state index in [1.165, 1.54) is 33.6 Å². The van der Waals surface area contributed by atoms with Crippen molar-refractivity contribution >= 4 is 11.4 Å². The van der Waals surface area contributed by atoms with Gasteiger partial charge in [0.05, 0.1) is 50.8 Å². The molecule has 0 radical (unpaired) electrons. The van der Waals surface area contributed by atoms with Crippen molar-refractivity contribution in [3.8, 4) is 0 Å². The summed E-state index contributed by atoms with van der Waals surface area (Å²) in [7, 11) is 0. The summed E-state index contributed by atoms with van der Waals surface area (Å²) in [6.45, 7) is 7.33. The molecule has 4 aliphatic heterocycles. The Balaban J connectivity index is 0.939. The fraction of sp³-hybridized carbons (Fsp3) is 0.438. The maximum atomic E-state index is 5.46. The standard InChI is InChI=1S/C32H36N2O4/c1-2-24(14-26-7-11-28(12-8-26)34(17-31-21-37-31)18-32-22-38-32)4-3-23(1)13-25-5-9-27(10-6-25)33(15-29-19-35-29)16-30-20-36-30/h1-12,29-32H,13-22H2. The van der Waals surface area contributed by atoms with E-state index in [4.69, 9.17) is 18.9 Å². The number of hydrogen-bond donors (Lipinski definition) is 0. The van der Waals surface area contributed by atoms with Crippen LogP contribution in [0.15, 0.2) is 72.8 Å². The first kappa shape index (κ1) is 24.2. The first-order chi connectivity index (χ1) is 18.7. The molecule has 0 bridgehead atoms. The first-order valence-corrected chi connectivity index (χ1v) is 14.0. The molecule has 0 saturated carbocycles. The van der Waals surface area contributed by atoms with E-state index in [9.17, 15) is 0 Å². The van der Waals surface area contributed by atoms with Crippen molar-refractivity contribution in [1.82, 2.24) is 0 Å². The van der Waals surface area contributed by atoms with E-state index in [0.717, 1.165) is 65.4 Å². The second kappa shape index (κ2) is 10.7. The number of epoxide rings is 4. The monoisotopic (exact) mass is 512 g/mol.